The molecule has 1 N–H and O–H groups in total. The summed E-state index contributed by atoms with van der Waals surface area (Å²) in [5, 5.41) is 1.06. The smallest absolute Gasteiger partial charge is 0.123 e. The van der Waals surface area contributed by atoms with Crippen molar-refractivity contribution in [3.8, 4) is 0 Å². The van der Waals surface area contributed by atoms with E-state index in [0.29, 0.717) is 0 Å². The van der Waals surface area contributed by atoms with E-state index < -0.39 is 0 Å². The van der Waals surface area contributed by atoms with Crippen molar-refractivity contribution in [3.05, 3.63) is 35.3 Å². The minimum atomic E-state index is -0.144. The van der Waals surface area contributed by atoms with Gasteiger partial charge >= 0.3 is 0 Å². The molecule has 1 aliphatic heterocycles. The fourth-order valence-corrected chi connectivity index (χ4v) is 3.03. The van der Waals surface area contributed by atoms with Gasteiger partial charge in [-0.05, 0) is 35.9 Å². The molecule has 72 valence electrons. The van der Waals surface area contributed by atoms with Gasteiger partial charge in [0.25, 0.3) is 0 Å². The van der Waals surface area contributed by atoms with Gasteiger partial charge in [0.05, 0.1) is 0 Å². The van der Waals surface area contributed by atoms with Gasteiger partial charge < -0.3 is 4.98 Å². The normalized spacial score (nSPS) is 15.8. The van der Waals surface area contributed by atoms with Crippen LogP contribution in [-0.4, -0.2) is 10.7 Å². The molecule has 1 nitrogen and oxygen atoms in total. The van der Waals surface area contributed by atoms with Crippen LogP contribution in [0.5, 0.6) is 0 Å². The Morgan fingerprint density at radius 3 is 3.21 bits per heavy atom. The lowest BCUT2D eigenvalue weighted by molar-refractivity contribution is 0.629. The van der Waals surface area contributed by atoms with Gasteiger partial charge in [-0.15, -0.1) is 0 Å². The van der Waals surface area contributed by atoms with Crippen LogP contribution in [0.3, 0.4) is 0 Å². The highest BCUT2D eigenvalue weighted by molar-refractivity contribution is 7.98. The van der Waals surface area contributed by atoms with Crippen LogP contribution in [0.4, 0.5) is 4.39 Å². The molecule has 0 saturated heterocycles. The second-order valence-corrected chi connectivity index (χ2v) is 4.68. The van der Waals surface area contributed by atoms with Crippen LogP contribution in [0.2, 0.25) is 0 Å². The molecule has 0 radical (unpaired) electrons. The summed E-state index contributed by atoms with van der Waals surface area (Å²) in [5.74, 6) is 2.04. The zero-order chi connectivity index (χ0) is 9.54. The second kappa shape index (κ2) is 3.02. The van der Waals surface area contributed by atoms with E-state index in [1.807, 2.05) is 17.8 Å². The molecule has 1 aromatic heterocycles. The Hall–Kier alpha value is -0.960. The summed E-state index contributed by atoms with van der Waals surface area (Å²) in [7, 11) is 0. The van der Waals surface area contributed by atoms with E-state index in [2.05, 4.69) is 4.98 Å². The van der Waals surface area contributed by atoms with E-state index in [0.717, 1.165) is 23.1 Å². The molecular weight excluding hydrogens is 197 g/mol. The molecule has 1 aliphatic rings. The average Bonchev–Trinajstić information content (AvgIpc) is 2.56. The van der Waals surface area contributed by atoms with Crippen LogP contribution < -0.4 is 0 Å². The predicted molar refractivity (Wildman–Crippen MR) is 58.1 cm³/mol. The van der Waals surface area contributed by atoms with Crippen LogP contribution in [0.25, 0.3) is 10.9 Å². The first-order valence-electron chi connectivity index (χ1n) is 4.71. The minimum absolute atomic E-state index is 0.144. The Balaban J connectivity index is 2.32. The number of nitrogens with one attached hydrogen (secondary N) is 1. The molecular formula is C11H10FNS. The molecule has 1 aromatic carbocycles. The molecule has 3 heteroatoms. The first kappa shape index (κ1) is 8.36. The van der Waals surface area contributed by atoms with Gasteiger partial charge in [0.1, 0.15) is 5.82 Å². The average molecular weight is 207 g/mol. The van der Waals surface area contributed by atoms with Gasteiger partial charge in [-0.1, -0.05) is 0 Å². The van der Waals surface area contributed by atoms with Crippen molar-refractivity contribution in [2.24, 2.45) is 0 Å². The molecule has 2 aromatic rings. The van der Waals surface area contributed by atoms with Gasteiger partial charge in [0.2, 0.25) is 0 Å². The fraction of sp³-hybridized carbons (Fsp3) is 0.273. The van der Waals surface area contributed by atoms with Crippen molar-refractivity contribution < 1.29 is 4.39 Å². The first-order valence-corrected chi connectivity index (χ1v) is 5.87. The number of H-pyrrole nitrogens is 1. The SMILES string of the molecule is Fc1ccc2[nH]c3c(c2c1)CSCC3. The molecule has 0 unspecified atom stereocenters. The van der Waals surface area contributed by atoms with Crippen molar-refractivity contribution >= 4 is 22.7 Å². The Morgan fingerprint density at radius 1 is 1.36 bits per heavy atom. The largest absolute Gasteiger partial charge is 0.358 e. The lowest BCUT2D eigenvalue weighted by atomic mass is 10.1. The molecule has 0 atom stereocenters. The molecule has 14 heavy (non-hydrogen) atoms. The summed E-state index contributed by atoms with van der Waals surface area (Å²) in [4.78, 5) is 3.36. The zero-order valence-electron chi connectivity index (χ0n) is 7.64. The molecule has 0 fully saturated rings. The summed E-state index contributed by atoms with van der Waals surface area (Å²) >= 11 is 1.92. The molecule has 3 rings (SSSR count). The third-order valence-electron chi connectivity index (χ3n) is 2.70. The van der Waals surface area contributed by atoms with Crippen molar-refractivity contribution in [2.45, 2.75) is 12.2 Å². The molecule has 0 bridgehead atoms. The highest BCUT2D eigenvalue weighted by Crippen LogP contribution is 2.31. The Bertz CT molecular complexity index is 489. The number of fused-ring (bicyclic) bond motifs is 3. The Labute approximate surface area is 85.7 Å². The summed E-state index contributed by atoms with van der Waals surface area (Å²) in [5.41, 5.74) is 3.67. The highest BCUT2D eigenvalue weighted by Gasteiger charge is 2.15. The topological polar surface area (TPSA) is 15.8 Å². The zero-order valence-corrected chi connectivity index (χ0v) is 8.46. The van der Waals surface area contributed by atoms with Gasteiger partial charge in [-0.3, -0.25) is 0 Å². The number of aryl methyl sites for hydroxylation is 1. The van der Waals surface area contributed by atoms with Crippen LogP contribution in [0.1, 0.15) is 11.3 Å². The summed E-state index contributed by atoms with van der Waals surface area (Å²) < 4.78 is 13.1. The molecule has 0 spiro atoms. The third-order valence-corrected chi connectivity index (χ3v) is 3.68. The number of thioether (sulfide) groups is 1. The number of rotatable bonds is 0. The fourth-order valence-electron chi connectivity index (χ4n) is 2.00. The van der Waals surface area contributed by atoms with Crippen molar-refractivity contribution in [1.29, 1.82) is 0 Å². The van der Waals surface area contributed by atoms with E-state index in [1.54, 1.807) is 6.07 Å². The van der Waals surface area contributed by atoms with Crippen molar-refractivity contribution in [3.63, 3.8) is 0 Å². The maximum atomic E-state index is 13.1. The van der Waals surface area contributed by atoms with Crippen LogP contribution in [0, 0.1) is 5.82 Å². The highest BCUT2D eigenvalue weighted by atomic mass is 32.2. The summed E-state index contributed by atoms with van der Waals surface area (Å²) in [6.07, 6.45) is 1.08. The minimum Gasteiger partial charge on any atom is -0.358 e. The van der Waals surface area contributed by atoms with Gasteiger partial charge in [-0.25, -0.2) is 4.39 Å². The summed E-state index contributed by atoms with van der Waals surface area (Å²) in [6, 6.07) is 4.97. The van der Waals surface area contributed by atoms with Gasteiger partial charge in [0, 0.05) is 22.3 Å². The standard InChI is InChI=1S/C11H10FNS/c12-7-1-2-10-8(5-7)9-6-14-4-3-11(9)13-10/h1-2,5,13H,3-4,6H2. The second-order valence-electron chi connectivity index (χ2n) is 3.57. The number of aromatic amines is 1. The number of aromatic nitrogens is 1. The number of hydrogen-bond donors (Lipinski definition) is 1. The van der Waals surface area contributed by atoms with E-state index in [4.69, 9.17) is 0 Å². The van der Waals surface area contributed by atoms with E-state index >= 15 is 0 Å². The number of hydrogen-bond acceptors (Lipinski definition) is 1. The van der Waals surface area contributed by atoms with E-state index in [1.165, 1.54) is 23.1 Å². The van der Waals surface area contributed by atoms with Crippen molar-refractivity contribution in [1.82, 2.24) is 4.98 Å². The molecule has 0 saturated carbocycles. The monoisotopic (exact) mass is 207 g/mol. The van der Waals surface area contributed by atoms with Crippen LogP contribution in [0.15, 0.2) is 18.2 Å². The van der Waals surface area contributed by atoms with Crippen molar-refractivity contribution in [2.75, 3.05) is 5.75 Å². The maximum Gasteiger partial charge on any atom is 0.123 e. The number of benzene rings is 1. The lowest BCUT2D eigenvalue weighted by Crippen LogP contribution is -1.99. The lowest BCUT2D eigenvalue weighted by Gasteiger charge is -2.09. The third kappa shape index (κ3) is 1.16. The van der Waals surface area contributed by atoms with E-state index in [-0.39, 0.29) is 5.82 Å². The maximum absolute atomic E-state index is 13.1. The molecule has 2 heterocycles. The van der Waals surface area contributed by atoms with E-state index in [9.17, 15) is 4.39 Å². The number of halogens is 1. The Morgan fingerprint density at radius 2 is 2.29 bits per heavy atom. The Kier molecular flexibility index (Phi) is 1.80. The van der Waals surface area contributed by atoms with Gasteiger partial charge in [-0.2, -0.15) is 11.8 Å². The summed E-state index contributed by atoms with van der Waals surface area (Å²) in [6.45, 7) is 0. The van der Waals surface area contributed by atoms with Crippen LogP contribution in [-0.2, 0) is 12.2 Å². The first-order chi connectivity index (χ1) is 6.84. The molecule has 0 amide bonds. The quantitative estimate of drug-likeness (QED) is 0.702. The molecule has 0 aliphatic carbocycles. The van der Waals surface area contributed by atoms with Crippen LogP contribution >= 0.6 is 11.8 Å². The van der Waals surface area contributed by atoms with Gasteiger partial charge in [0.15, 0.2) is 0 Å². The predicted octanol–water partition coefficient (Wildman–Crippen LogP) is 3.10.